The first-order valence-corrected chi connectivity index (χ1v) is 12.0. The van der Waals surface area contributed by atoms with Crippen molar-refractivity contribution < 1.29 is 13.5 Å². The van der Waals surface area contributed by atoms with Gasteiger partial charge < -0.3 is 10.4 Å². The molecule has 4 N–H and O–H groups in total. The van der Waals surface area contributed by atoms with Crippen LogP contribution in [0.5, 0.6) is 5.75 Å². The summed E-state index contributed by atoms with van der Waals surface area (Å²) in [5.41, 5.74) is 0.800. The molecule has 1 heterocycles. The first-order chi connectivity index (χ1) is 16.1. The maximum absolute atomic E-state index is 12.8. The smallest absolute Gasteiger partial charge is 0.280 e. The van der Waals surface area contributed by atoms with Crippen molar-refractivity contribution in [2.24, 2.45) is 0 Å². The van der Waals surface area contributed by atoms with Crippen LogP contribution in [0.15, 0.2) is 76.4 Å². The third kappa shape index (κ3) is 4.96. The molecule has 0 aliphatic heterocycles. The molecule has 0 radical (unpaired) electrons. The van der Waals surface area contributed by atoms with E-state index >= 15 is 0 Å². The van der Waals surface area contributed by atoms with Crippen LogP contribution in [0.4, 0.5) is 11.4 Å². The summed E-state index contributed by atoms with van der Waals surface area (Å²) in [6.07, 6.45) is 1.49. The van der Waals surface area contributed by atoms with Crippen LogP contribution in [0.3, 0.4) is 0 Å². The van der Waals surface area contributed by atoms with E-state index in [0.29, 0.717) is 27.0 Å². The van der Waals surface area contributed by atoms with Gasteiger partial charge in [-0.2, -0.15) is 0 Å². The van der Waals surface area contributed by atoms with E-state index < -0.39 is 10.0 Å². The summed E-state index contributed by atoms with van der Waals surface area (Å²) >= 11 is 11.8. The molecule has 1 aromatic heterocycles. The predicted octanol–water partition coefficient (Wildman–Crippen LogP) is 3.24. The van der Waals surface area contributed by atoms with E-state index in [9.17, 15) is 18.3 Å². The number of phenols is 1. The second kappa shape index (κ2) is 9.30. The second-order valence-corrected chi connectivity index (χ2v) is 9.76. The topological polar surface area (TPSA) is 116 Å². The number of hydrogen-bond donors (Lipinski definition) is 4. The minimum absolute atomic E-state index is 0.0259. The van der Waals surface area contributed by atoms with Crippen LogP contribution in [0, 0.1) is 0 Å². The molecule has 0 aliphatic carbocycles. The van der Waals surface area contributed by atoms with Gasteiger partial charge in [-0.25, -0.2) is 13.1 Å². The molecule has 4 aromatic rings. The molecule has 3 aromatic carbocycles. The van der Waals surface area contributed by atoms with Crippen LogP contribution in [0.25, 0.3) is 18.5 Å². The number of hydrogen-bond acceptors (Lipinski definition) is 5. The minimum Gasteiger partial charge on any atom is -0.506 e. The standard InChI is InChI=1S/C23H18Cl2N4O4S/c1-14-20(23(31)29(27-14)18-7-2-15(24)3-8-18)13-26-17-5-9-19(10-6-17)34(32,33)28-21-12-16(25)4-11-22(21)30/h2-13,26-28,30H,1H2. The number of aromatic amines is 1. The van der Waals surface area contributed by atoms with Gasteiger partial charge in [0.05, 0.1) is 26.8 Å². The fraction of sp³-hybridized carbons (Fsp3) is 0. The normalized spacial score (nSPS) is 12.0. The van der Waals surface area contributed by atoms with E-state index in [0.717, 1.165) is 0 Å². The van der Waals surface area contributed by atoms with E-state index in [-0.39, 0.29) is 26.9 Å². The van der Waals surface area contributed by atoms with Crippen molar-refractivity contribution in [3.63, 3.8) is 0 Å². The number of rotatable bonds is 6. The summed E-state index contributed by atoms with van der Waals surface area (Å²) in [4.78, 5) is 12.8. The zero-order valence-corrected chi connectivity index (χ0v) is 19.7. The van der Waals surface area contributed by atoms with Gasteiger partial charge in [0, 0.05) is 21.9 Å². The fourth-order valence-corrected chi connectivity index (χ4v) is 4.46. The maximum Gasteiger partial charge on any atom is 0.280 e. The van der Waals surface area contributed by atoms with Gasteiger partial charge in [0.2, 0.25) is 0 Å². The molecule has 0 bridgehead atoms. The largest absolute Gasteiger partial charge is 0.506 e. The molecule has 0 unspecified atom stereocenters. The Labute approximate surface area is 204 Å². The molecule has 0 saturated carbocycles. The molecule has 34 heavy (non-hydrogen) atoms. The van der Waals surface area contributed by atoms with Crippen molar-refractivity contribution in [2.75, 3.05) is 10.0 Å². The average molecular weight is 517 g/mol. The number of nitrogens with one attached hydrogen (secondary N) is 3. The minimum atomic E-state index is -3.96. The van der Waals surface area contributed by atoms with Crippen LogP contribution in [0.2, 0.25) is 10.0 Å². The van der Waals surface area contributed by atoms with Gasteiger partial charge in [-0.15, -0.1) is 0 Å². The quantitative estimate of drug-likeness (QED) is 0.293. The van der Waals surface area contributed by atoms with Crippen LogP contribution >= 0.6 is 23.2 Å². The molecule has 11 heteroatoms. The Morgan fingerprint density at radius 2 is 1.62 bits per heavy atom. The van der Waals surface area contributed by atoms with Crippen molar-refractivity contribution >= 4 is 57.4 Å². The molecular weight excluding hydrogens is 499 g/mol. The zero-order chi connectivity index (χ0) is 24.5. The van der Waals surface area contributed by atoms with Crippen molar-refractivity contribution in [3.05, 3.63) is 97.7 Å². The first-order valence-electron chi connectivity index (χ1n) is 9.78. The van der Waals surface area contributed by atoms with Crippen LogP contribution in [-0.2, 0) is 10.0 Å². The van der Waals surface area contributed by atoms with Crippen LogP contribution < -0.4 is 26.2 Å². The van der Waals surface area contributed by atoms with E-state index in [1.165, 1.54) is 53.3 Å². The lowest BCUT2D eigenvalue weighted by Gasteiger charge is -2.10. The van der Waals surface area contributed by atoms with Gasteiger partial charge in [0.15, 0.2) is 0 Å². The number of sulfonamides is 1. The third-order valence-electron chi connectivity index (χ3n) is 4.84. The number of phenolic OH excluding ortho intramolecular Hbond substituents is 1. The highest BCUT2D eigenvalue weighted by molar-refractivity contribution is 7.92. The number of anilines is 2. The number of benzene rings is 3. The molecule has 0 fully saturated rings. The summed E-state index contributed by atoms with van der Waals surface area (Å²) in [6.45, 7) is 3.87. The lowest BCUT2D eigenvalue weighted by Crippen LogP contribution is -2.34. The lowest BCUT2D eigenvalue weighted by atomic mass is 10.3. The maximum atomic E-state index is 12.8. The number of aromatic nitrogens is 2. The molecule has 0 spiro atoms. The molecule has 174 valence electrons. The fourth-order valence-electron chi connectivity index (χ4n) is 3.10. The summed E-state index contributed by atoms with van der Waals surface area (Å²) in [5.74, 6) is -0.249. The third-order valence-corrected chi connectivity index (χ3v) is 6.71. The lowest BCUT2D eigenvalue weighted by molar-refractivity contribution is 0.477. The summed E-state index contributed by atoms with van der Waals surface area (Å²) in [5, 5.41) is 17.3. The molecule has 0 saturated heterocycles. The molecule has 0 amide bonds. The van der Waals surface area contributed by atoms with E-state index in [4.69, 9.17) is 23.2 Å². The highest BCUT2D eigenvalue weighted by Crippen LogP contribution is 2.29. The second-order valence-electron chi connectivity index (χ2n) is 7.20. The van der Waals surface area contributed by atoms with Crippen LogP contribution in [0.1, 0.15) is 0 Å². The van der Waals surface area contributed by atoms with Crippen molar-refractivity contribution in [1.29, 1.82) is 0 Å². The monoisotopic (exact) mass is 516 g/mol. The van der Waals surface area contributed by atoms with Gasteiger partial charge in [-0.1, -0.05) is 29.8 Å². The number of nitrogens with zero attached hydrogens (tertiary/aromatic N) is 1. The van der Waals surface area contributed by atoms with Crippen molar-refractivity contribution in [1.82, 2.24) is 9.78 Å². The first kappa shape index (κ1) is 23.5. The van der Waals surface area contributed by atoms with Crippen molar-refractivity contribution in [3.8, 4) is 11.4 Å². The average Bonchev–Trinajstić information content (AvgIpc) is 3.08. The van der Waals surface area contributed by atoms with Gasteiger partial charge in [-0.05, 0) is 66.7 Å². The molecular formula is C23H18Cl2N4O4S. The Morgan fingerprint density at radius 1 is 0.971 bits per heavy atom. The SMILES string of the molecule is C=c1[nH]n(-c2ccc(Cl)cc2)c(=O)c1=CNc1ccc(S(=O)(=O)Nc2cc(Cl)ccc2O)cc1. The zero-order valence-electron chi connectivity index (χ0n) is 17.4. The van der Waals surface area contributed by atoms with Crippen LogP contribution in [-0.4, -0.2) is 23.3 Å². The Morgan fingerprint density at radius 3 is 2.29 bits per heavy atom. The van der Waals surface area contributed by atoms with Crippen molar-refractivity contribution in [2.45, 2.75) is 4.90 Å². The molecule has 0 aliphatic rings. The Bertz CT molecular complexity index is 1630. The highest BCUT2D eigenvalue weighted by Gasteiger charge is 2.16. The van der Waals surface area contributed by atoms with Gasteiger partial charge >= 0.3 is 0 Å². The Hall–Kier alpha value is -3.66. The molecule has 4 rings (SSSR count). The van der Waals surface area contributed by atoms with Gasteiger partial charge in [-0.3, -0.25) is 14.6 Å². The van der Waals surface area contributed by atoms with E-state index in [2.05, 4.69) is 21.7 Å². The summed E-state index contributed by atoms with van der Waals surface area (Å²) in [7, 11) is -3.96. The number of H-pyrrole nitrogens is 1. The van der Waals surface area contributed by atoms with E-state index in [1.54, 1.807) is 24.3 Å². The Balaban J connectivity index is 1.55. The van der Waals surface area contributed by atoms with Gasteiger partial charge in [0.1, 0.15) is 5.75 Å². The summed E-state index contributed by atoms with van der Waals surface area (Å²) < 4.78 is 28.9. The predicted molar refractivity (Wildman–Crippen MR) is 135 cm³/mol. The molecule has 0 atom stereocenters. The summed E-state index contributed by atoms with van der Waals surface area (Å²) in [6, 6.07) is 16.6. The molecule has 8 nitrogen and oxygen atoms in total. The Kier molecular flexibility index (Phi) is 6.43. The van der Waals surface area contributed by atoms with Gasteiger partial charge in [0.25, 0.3) is 15.6 Å². The number of halogens is 2. The highest BCUT2D eigenvalue weighted by atomic mass is 35.5. The number of aromatic hydroxyl groups is 1. The van der Waals surface area contributed by atoms with E-state index in [1.807, 2.05) is 0 Å².